The van der Waals surface area contributed by atoms with Gasteiger partial charge in [-0.2, -0.15) is 4.98 Å². The molecule has 0 fully saturated rings. The Morgan fingerprint density at radius 1 is 1.22 bits per heavy atom. The largest absolute Gasteiger partial charge is 0.399 e. The zero-order chi connectivity index (χ0) is 13.0. The van der Waals surface area contributed by atoms with Crippen LogP contribution in [0.3, 0.4) is 0 Å². The zero-order valence-electron chi connectivity index (χ0n) is 10.2. The highest BCUT2D eigenvalue weighted by atomic mass is 16.5. The molecule has 0 atom stereocenters. The molecule has 0 unspecified atom stereocenters. The molecule has 0 amide bonds. The van der Waals surface area contributed by atoms with E-state index in [1.165, 1.54) is 0 Å². The van der Waals surface area contributed by atoms with Gasteiger partial charge in [-0.3, -0.25) is 0 Å². The van der Waals surface area contributed by atoms with Crippen LogP contribution >= 0.6 is 0 Å². The lowest BCUT2D eigenvalue weighted by molar-refractivity contribution is 0.149. The Balaban J connectivity index is 2.13. The Morgan fingerprint density at radius 2 is 1.94 bits per heavy atom. The number of ether oxygens (including phenoxy) is 1. The van der Waals surface area contributed by atoms with Gasteiger partial charge in [0.05, 0.1) is 6.61 Å². The Morgan fingerprint density at radius 3 is 2.61 bits per heavy atom. The van der Waals surface area contributed by atoms with E-state index in [0.29, 0.717) is 42.7 Å². The van der Waals surface area contributed by atoms with Crippen molar-refractivity contribution in [1.29, 1.82) is 0 Å². The van der Waals surface area contributed by atoms with Gasteiger partial charge >= 0.3 is 0 Å². The first kappa shape index (κ1) is 12.4. The fourth-order valence-electron chi connectivity index (χ4n) is 1.58. The van der Waals surface area contributed by atoms with Gasteiger partial charge in [0.25, 0.3) is 5.89 Å². The number of nitrogen functional groups attached to an aromatic ring is 2. The molecule has 0 spiro atoms. The maximum Gasteiger partial charge on any atom is 0.258 e. The maximum atomic E-state index is 5.71. The van der Waals surface area contributed by atoms with E-state index in [9.17, 15) is 0 Å². The van der Waals surface area contributed by atoms with Gasteiger partial charge in [-0.25, -0.2) is 0 Å². The first-order valence-corrected chi connectivity index (χ1v) is 5.75. The molecule has 0 saturated carbocycles. The van der Waals surface area contributed by atoms with Crippen molar-refractivity contribution in [3.63, 3.8) is 0 Å². The van der Waals surface area contributed by atoms with E-state index >= 15 is 0 Å². The molecular formula is C12H16N4O2. The minimum absolute atomic E-state index is 0.417. The maximum absolute atomic E-state index is 5.71. The van der Waals surface area contributed by atoms with Gasteiger partial charge in [0.1, 0.15) is 0 Å². The number of rotatable bonds is 5. The summed E-state index contributed by atoms with van der Waals surface area (Å²) in [5, 5.41) is 3.88. The Bertz CT molecular complexity index is 504. The second-order valence-electron chi connectivity index (χ2n) is 3.85. The summed E-state index contributed by atoms with van der Waals surface area (Å²) in [5.41, 5.74) is 13.3. The highest BCUT2D eigenvalue weighted by Gasteiger charge is 2.09. The lowest BCUT2D eigenvalue weighted by Gasteiger charge is -1.99. The van der Waals surface area contributed by atoms with Crippen molar-refractivity contribution in [3.8, 4) is 11.5 Å². The van der Waals surface area contributed by atoms with Crippen LogP contribution in [0.1, 0.15) is 12.7 Å². The predicted molar refractivity (Wildman–Crippen MR) is 68.8 cm³/mol. The van der Waals surface area contributed by atoms with Crippen molar-refractivity contribution in [1.82, 2.24) is 10.1 Å². The predicted octanol–water partition coefficient (Wildman–Crippen LogP) is 1.48. The number of nitrogens with zero attached hydrogens (tertiary/aromatic N) is 2. The minimum Gasteiger partial charge on any atom is -0.399 e. The SMILES string of the molecule is CCOCCc1noc(-c2cc(N)cc(N)c2)n1. The number of aromatic nitrogens is 2. The van der Waals surface area contributed by atoms with E-state index in [1.807, 2.05) is 6.92 Å². The first-order valence-electron chi connectivity index (χ1n) is 5.75. The van der Waals surface area contributed by atoms with Crippen LogP contribution in [-0.2, 0) is 11.2 Å². The summed E-state index contributed by atoms with van der Waals surface area (Å²) in [5.74, 6) is 1.03. The molecule has 18 heavy (non-hydrogen) atoms. The summed E-state index contributed by atoms with van der Waals surface area (Å²) in [6.07, 6.45) is 0.620. The monoisotopic (exact) mass is 248 g/mol. The van der Waals surface area contributed by atoms with Crippen LogP contribution in [0.15, 0.2) is 22.7 Å². The number of nitrogens with two attached hydrogens (primary N) is 2. The van der Waals surface area contributed by atoms with E-state index in [-0.39, 0.29) is 0 Å². The number of hydrogen-bond acceptors (Lipinski definition) is 6. The molecule has 96 valence electrons. The molecule has 6 heteroatoms. The van der Waals surface area contributed by atoms with Crippen LogP contribution in [0.25, 0.3) is 11.5 Å². The minimum atomic E-state index is 0.417. The highest BCUT2D eigenvalue weighted by Crippen LogP contribution is 2.23. The van der Waals surface area contributed by atoms with E-state index < -0.39 is 0 Å². The third kappa shape index (κ3) is 2.98. The Labute approximate surface area is 105 Å². The molecule has 0 aliphatic heterocycles. The van der Waals surface area contributed by atoms with Crippen LogP contribution in [0, 0.1) is 0 Å². The number of anilines is 2. The summed E-state index contributed by atoms with van der Waals surface area (Å²) in [7, 11) is 0. The third-order valence-electron chi connectivity index (χ3n) is 2.37. The topological polar surface area (TPSA) is 100 Å². The Hall–Kier alpha value is -2.08. The molecule has 1 aromatic heterocycles. The van der Waals surface area contributed by atoms with Gasteiger partial charge in [-0.05, 0) is 25.1 Å². The molecule has 4 N–H and O–H groups in total. The summed E-state index contributed by atoms with van der Waals surface area (Å²) in [6.45, 7) is 3.20. The van der Waals surface area contributed by atoms with Crippen LogP contribution in [0.2, 0.25) is 0 Å². The second kappa shape index (κ2) is 5.50. The van der Waals surface area contributed by atoms with E-state index in [2.05, 4.69) is 10.1 Å². The van der Waals surface area contributed by atoms with Gasteiger partial charge in [-0.15, -0.1) is 0 Å². The highest BCUT2D eigenvalue weighted by molar-refractivity contribution is 5.66. The van der Waals surface area contributed by atoms with Crippen LogP contribution in [0.4, 0.5) is 11.4 Å². The van der Waals surface area contributed by atoms with Crippen molar-refractivity contribution < 1.29 is 9.26 Å². The normalized spacial score (nSPS) is 10.7. The van der Waals surface area contributed by atoms with Crippen molar-refractivity contribution in [3.05, 3.63) is 24.0 Å². The molecule has 1 aromatic carbocycles. The zero-order valence-corrected chi connectivity index (χ0v) is 10.2. The molecule has 0 bridgehead atoms. The molecule has 6 nitrogen and oxygen atoms in total. The summed E-state index contributed by atoms with van der Waals surface area (Å²) >= 11 is 0. The van der Waals surface area contributed by atoms with Crippen molar-refractivity contribution in [2.24, 2.45) is 0 Å². The van der Waals surface area contributed by atoms with E-state index in [0.717, 1.165) is 5.56 Å². The smallest absolute Gasteiger partial charge is 0.258 e. The Kier molecular flexibility index (Phi) is 3.78. The van der Waals surface area contributed by atoms with E-state index in [1.54, 1.807) is 18.2 Å². The molecule has 2 aromatic rings. The molecule has 2 rings (SSSR count). The molecule has 1 heterocycles. The van der Waals surface area contributed by atoms with Crippen LogP contribution < -0.4 is 11.5 Å². The number of benzene rings is 1. The van der Waals surface area contributed by atoms with Gasteiger partial charge in [-0.1, -0.05) is 5.16 Å². The second-order valence-corrected chi connectivity index (χ2v) is 3.85. The van der Waals surface area contributed by atoms with Crippen LogP contribution in [0.5, 0.6) is 0 Å². The lowest BCUT2D eigenvalue weighted by atomic mass is 10.2. The number of hydrogen-bond donors (Lipinski definition) is 2. The van der Waals surface area contributed by atoms with Crippen molar-refractivity contribution in [2.45, 2.75) is 13.3 Å². The van der Waals surface area contributed by atoms with E-state index in [4.69, 9.17) is 20.7 Å². The van der Waals surface area contributed by atoms with Crippen LogP contribution in [-0.4, -0.2) is 23.4 Å². The van der Waals surface area contributed by atoms with Gasteiger partial charge in [0.15, 0.2) is 5.82 Å². The molecule has 0 aliphatic carbocycles. The fourth-order valence-corrected chi connectivity index (χ4v) is 1.58. The van der Waals surface area contributed by atoms with Gasteiger partial charge in [0.2, 0.25) is 0 Å². The first-order chi connectivity index (χ1) is 8.69. The quantitative estimate of drug-likeness (QED) is 0.614. The summed E-state index contributed by atoms with van der Waals surface area (Å²) in [4.78, 5) is 4.27. The van der Waals surface area contributed by atoms with Gasteiger partial charge in [0, 0.05) is 30.0 Å². The molecule has 0 saturated heterocycles. The lowest BCUT2D eigenvalue weighted by Crippen LogP contribution is -1.99. The molecular weight excluding hydrogens is 232 g/mol. The van der Waals surface area contributed by atoms with Crippen molar-refractivity contribution >= 4 is 11.4 Å². The third-order valence-corrected chi connectivity index (χ3v) is 2.37. The molecule has 0 aliphatic rings. The molecule has 0 radical (unpaired) electrons. The van der Waals surface area contributed by atoms with Gasteiger partial charge < -0.3 is 20.7 Å². The standard InChI is InChI=1S/C12H16N4O2/c1-2-17-4-3-11-15-12(18-16-11)8-5-9(13)7-10(14)6-8/h5-7H,2-4,13-14H2,1H3. The summed E-state index contributed by atoms with van der Waals surface area (Å²) in [6, 6.07) is 5.17. The summed E-state index contributed by atoms with van der Waals surface area (Å²) < 4.78 is 10.4. The van der Waals surface area contributed by atoms with Crippen molar-refractivity contribution in [2.75, 3.05) is 24.7 Å². The fraction of sp³-hybridized carbons (Fsp3) is 0.333. The average Bonchev–Trinajstić information content (AvgIpc) is 2.77. The average molecular weight is 248 g/mol.